The minimum absolute atomic E-state index is 0.124. The second kappa shape index (κ2) is 5.01. The number of hydrogen-bond donors (Lipinski definition) is 3. The maximum atomic E-state index is 12.2. The summed E-state index contributed by atoms with van der Waals surface area (Å²) in [6.07, 6.45) is 4.99. The fourth-order valence-corrected chi connectivity index (χ4v) is 2.62. The molecule has 0 radical (unpaired) electrons. The Morgan fingerprint density at radius 3 is 3.05 bits per heavy atom. The zero-order valence-electron chi connectivity index (χ0n) is 10.6. The van der Waals surface area contributed by atoms with Crippen LogP contribution >= 0.6 is 0 Å². The predicted octanol–water partition coefficient (Wildman–Crippen LogP) is 1.60. The van der Waals surface area contributed by atoms with Gasteiger partial charge in [-0.2, -0.15) is 5.10 Å². The zero-order valence-corrected chi connectivity index (χ0v) is 10.6. The lowest BCUT2D eigenvalue weighted by Gasteiger charge is -2.28. The molecular formula is C14H17N3O2. The molecule has 2 aromatic rings. The molecular weight excluding hydrogens is 242 g/mol. The van der Waals surface area contributed by atoms with Crippen LogP contribution in [-0.2, 0) is 0 Å². The van der Waals surface area contributed by atoms with E-state index in [1.807, 2.05) is 12.1 Å². The number of nitrogens with zero attached hydrogens (tertiary/aromatic N) is 1. The van der Waals surface area contributed by atoms with Crippen molar-refractivity contribution in [3.05, 3.63) is 30.0 Å². The molecule has 5 nitrogen and oxygen atoms in total. The second-order valence-corrected chi connectivity index (χ2v) is 5.10. The summed E-state index contributed by atoms with van der Waals surface area (Å²) in [5, 5.41) is 20.5. The van der Waals surface area contributed by atoms with Gasteiger partial charge in [0.15, 0.2) is 0 Å². The van der Waals surface area contributed by atoms with Crippen molar-refractivity contribution in [2.75, 3.05) is 0 Å². The van der Waals surface area contributed by atoms with Gasteiger partial charge in [-0.05, 0) is 31.0 Å². The molecule has 0 bridgehead atoms. The fraction of sp³-hybridized carbons (Fsp3) is 0.429. The normalized spacial score (nSPS) is 23.4. The summed E-state index contributed by atoms with van der Waals surface area (Å²) in [5.41, 5.74) is 1.51. The Hall–Kier alpha value is -1.88. The van der Waals surface area contributed by atoms with Crippen LogP contribution in [0.15, 0.2) is 24.4 Å². The van der Waals surface area contributed by atoms with Gasteiger partial charge < -0.3 is 10.4 Å². The summed E-state index contributed by atoms with van der Waals surface area (Å²) in [6, 6.07) is 5.30. The molecule has 1 amide bonds. The van der Waals surface area contributed by atoms with Crippen molar-refractivity contribution in [1.82, 2.24) is 15.5 Å². The molecule has 0 unspecified atom stereocenters. The highest BCUT2D eigenvalue weighted by Crippen LogP contribution is 2.19. The van der Waals surface area contributed by atoms with Crippen LogP contribution in [0.5, 0.6) is 0 Å². The standard InChI is InChI=1S/C14H17N3O2/c18-13-4-2-1-3-12(13)16-14(19)9-5-6-11-10(7-9)8-15-17-11/h5-8,12-13,18H,1-4H2,(H,15,17)(H,16,19)/t12-,13-/m0/s1. The van der Waals surface area contributed by atoms with Crippen LogP contribution in [0.3, 0.4) is 0 Å². The molecule has 1 saturated carbocycles. The number of aliphatic hydroxyl groups is 1. The van der Waals surface area contributed by atoms with Crippen molar-refractivity contribution in [2.24, 2.45) is 0 Å². The van der Waals surface area contributed by atoms with Gasteiger partial charge >= 0.3 is 0 Å². The van der Waals surface area contributed by atoms with E-state index in [1.54, 1.807) is 12.3 Å². The molecule has 3 N–H and O–H groups in total. The van der Waals surface area contributed by atoms with E-state index in [4.69, 9.17) is 0 Å². The summed E-state index contributed by atoms with van der Waals surface area (Å²) in [7, 11) is 0. The van der Waals surface area contributed by atoms with E-state index in [9.17, 15) is 9.90 Å². The lowest BCUT2D eigenvalue weighted by atomic mass is 9.92. The number of benzene rings is 1. The van der Waals surface area contributed by atoms with Crippen LogP contribution in [-0.4, -0.2) is 33.4 Å². The van der Waals surface area contributed by atoms with Gasteiger partial charge in [-0.15, -0.1) is 0 Å². The molecule has 1 aromatic carbocycles. The zero-order chi connectivity index (χ0) is 13.2. The first-order chi connectivity index (χ1) is 9.24. The highest BCUT2D eigenvalue weighted by Gasteiger charge is 2.24. The molecule has 100 valence electrons. The van der Waals surface area contributed by atoms with Gasteiger partial charge in [0.05, 0.1) is 23.9 Å². The van der Waals surface area contributed by atoms with Crippen LogP contribution in [0.25, 0.3) is 10.9 Å². The minimum Gasteiger partial charge on any atom is -0.391 e. The van der Waals surface area contributed by atoms with Crippen molar-refractivity contribution < 1.29 is 9.90 Å². The minimum atomic E-state index is -0.421. The average Bonchev–Trinajstić information content (AvgIpc) is 2.88. The number of hydrogen-bond acceptors (Lipinski definition) is 3. The highest BCUT2D eigenvalue weighted by molar-refractivity contribution is 5.98. The Kier molecular flexibility index (Phi) is 3.21. The number of carbonyl (C=O) groups excluding carboxylic acids is 1. The smallest absolute Gasteiger partial charge is 0.251 e. The molecule has 19 heavy (non-hydrogen) atoms. The Balaban J connectivity index is 1.75. The van der Waals surface area contributed by atoms with Gasteiger partial charge in [0.25, 0.3) is 5.91 Å². The summed E-state index contributed by atoms with van der Waals surface area (Å²) >= 11 is 0. The van der Waals surface area contributed by atoms with Crippen molar-refractivity contribution in [3.63, 3.8) is 0 Å². The molecule has 1 aliphatic rings. The van der Waals surface area contributed by atoms with Crippen molar-refractivity contribution in [3.8, 4) is 0 Å². The number of H-pyrrole nitrogens is 1. The Labute approximate surface area is 111 Å². The van der Waals surface area contributed by atoms with E-state index < -0.39 is 6.10 Å². The summed E-state index contributed by atoms with van der Waals surface area (Å²) in [5.74, 6) is -0.131. The SMILES string of the molecule is O=C(N[C@H]1CCCC[C@@H]1O)c1ccc2[nH]ncc2c1. The molecule has 0 spiro atoms. The van der Waals surface area contributed by atoms with Crippen LogP contribution in [0, 0.1) is 0 Å². The molecule has 5 heteroatoms. The molecule has 1 fully saturated rings. The van der Waals surface area contributed by atoms with E-state index in [0.717, 1.165) is 36.6 Å². The lowest BCUT2D eigenvalue weighted by Crippen LogP contribution is -2.45. The molecule has 0 aliphatic heterocycles. The first-order valence-electron chi connectivity index (χ1n) is 6.66. The van der Waals surface area contributed by atoms with E-state index in [2.05, 4.69) is 15.5 Å². The monoisotopic (exact) mass is 259 g/mol. The van der Waals surface area contributed by atoms with Gasteiger partial charge in [0.2, 0.25) is 0 Å². The maximum Gasteiger partial charge on any atom is 0.251 e. The quantitative estimate of drug-likeness (QED) is 0.766. The van der Waals surface area contributed by atoms with E-state index in [-0.39, 0.29) is 11.9 Å². The highest BCUT2D eigenvalue weighted by atomic mass is 16.3. The Morgan fingerprint density at radius 2 is 2.21 bits per heavy atom. The fourth-order valence-electron chi connectivity index (χ4n) is 2.62. The number of amides is 1. The second-order valence-electron chi connectivity index (χ2n) is 5.10. The maximum absolute atomic E-state index is 12.2. The van der Waals surface area contributed by atoms with E-state index in [0.29, 0.717) is 5.56 Å². The number of fused-ring (bicyclic) bond motifs is 1. The van der Waals surface area contributed by atoms with Gasteiger partial charge in [-0.3, -0.25) is 9.89 Å². The lowest BCUT2D eigenvalue weighted by molar-refractivity contribution is 0.0717. The van der Waals surface area contributed by atoms with Crippen molar-refractivity contribution in [2.45, 2.75) is 37.8 Å². The summed E-state index contributed by atoms with van der Waals surface area (Å²) in [6.45, 7) is 0. The van der Waals surface area contributed by atoms with Crippen LogP contribution in [0.2, 0.25) is 0 Å². The molecule has 1 aromatic heterocycles. The average molecular weight is 259 g/mol. The summed E-state index contributed by atoms with van der Waals surface area (Å²) < 4.78 is 0. The molecule has 0 saturated heterocycles. The number of aliphatic hydroxyl groups excluding tert-OH is 1. The third-order valence-corrected chi connectivity index (χ3v) is 3.75. The molecule has 1 heterocycles. The van der Waals surface area contributed by atoms with Gasteiger partial charge in [-0.1, -0.05) is 12.8 Å². The van der Waals surface area contributed by atoms with Gasteiger partial charge in [-0.25, -0.2) is 0 Å². The van der Waals surface area contributed by atoms with Crippen LogP contribution in [0.1, 0.15) is 36.0 Å². The third-order valence-electron chi connectivity index (χ3n) is 3.75. The number of nitrogens with one attached hydrogen (secondary N) is 2. The van der Waals surface area contributed by atoms with Gasteiger partial charge in [0, 0.05) is 10.9 Å². The summed E-state index contributed by atoms with van der Waals surface area (Å²) in [4.78, 5) is 12.2. The van der Waals surface area contributed by atoms with Crippen LogP contribution in [0.4, 0.5) is 0 Å². The number of carbonyl (C=O) groups is 1. The first kappa shape index (κ1) is 12.2. The van der Waals surface area contributed by atoms with Gasteiger partial charge in [0.1, 0.15) is 0 Å². The molecule has 1 aliphatic carbocycles. The first-order valence-corrected chi connectivity index (χ1v) is 6.66. The number of rotatable bonds is 2. The van der Waals surface area contributed by atoms with Crippen molar-refractivity contribution in [1.29, 1.82) is 0 Å². The predicted molar refractivity (Wildman–Crippen MR) is 71.8 cm³/mol. The third kappa shape index (κ3) is 2.46. The van der Waals surface area contributed by atoms with E-state index in [1.165, 1.54) is 0 Å². The Morgan fingerprint density at radius 1 is 1.37 bits per heavy atom. The molecule has 3 rings (SSSR count). The Bertz CT molecular complexity index is 593. The topological polar surface area (TPSA) is 78.0 Å². The van der Waals surface area contributed by atoms with Crippen LogP contribution < -0.4 is 5.32 Å². The molecule has 2 atom stereocenters. The van der Waals surface area contributed by atoms with Crippen molar-refractivity contribution >= 4 is 16.8 Å². The number of aromatic amines is 1. The van der Waals surface area contributed by atoms with E-state index >= 15 is 0 Å². The largest absolute Gasteiger partial charge is 0.391 e. The number of aromatic nitrogens is 2.